The van der Waals surface area contributed by atoms with Crippen molar-refractivity contribution in [2.45, 2.75) is 26.5 Å². The zero-order valence-electron chi connectivity index (χ0n) is 10.7. The molecule has 18 heavy (non-hydrogen) atoms. The molecular weight excluding hydrogens is 228 g/mol. The summed E-state index contributed by atoms with van der Waals surface area (Å²) in [4.78, 5) is 4.15. The van der Waals surface area contributed by atoms with E-state index >= 15 is 0 Å². The summed E-state index contributed by atoms with van der Waals surface area (Å²) in [6.07, 6.45) is 3.29. The molecule has 1 aromatic carbocycles. The second-order valence-corrected chi connectivity index (χ2v) is 4.26. The maximum atomic E-state index is 9.40. The molecule has 1 atom stereocenters. The number of hydrogen-bond acceptors (Lipinski definition) is 3. The molecule has 0 aliphatic heterocycles. The van der Waals surface area contributed by atoms with Gasteiger partial charge in [0.1, 0.15) is 18.2 Å². The lowest BCUT2D eigenvalue weighted by atomic mass is 10.1. The number of ether oxygens (including phenoxy) is 1. The third kappa shape index (κ3) is 3.11. The molecule has 0 aliphatic carbocycles. The van der Waals surface area contributed by atoms with Crippen molar-refractivity contribution in [2.75, 3.05) is 6.61 Å². The van der Waals surface area contributed by atoms with Gasteiger partial charge >= 0.3 is 0 Å². The van der Waals surface area contributed by atoms with Crippen molar-refractivity contribution in [3.63, 3.8) is 0 Å². The molecule has 4 nitrogen and oxygen atoms in total. The summed E-state index contributed by atoms with van der Waals surface area (Å²) in [7, 11) is 0. The molecule has 1 heterocycles. The van der Waals surface area contributed by atoms with Gasteiger partial charge in [-0.2, -0.15) is 0 Å². The van der Waals surface area contributed by atoms with Gasteiger partial charge in [-0.15, -0.1) is 0 Å². The standard InChI is InChI=1S/C14H18N2O2/c1-11(17)13-3-5-14(6-4-13)18-10-9-16-8-7-15-12(16)2/h3-8,11,17H,9-10H2,1-2H3. The van der Waals surface area contributed by atoms with E-state index in [9.17, 15) is 5.11 Å². The summed E-state index contributed by atoms with van der Waals surface area (Å²) in [6.45, 7) is 5.10. The molecule has 0 saturated carbocycles. The Morgan fingerprint density at radius 2 is 2.06 bits per heavy atom. The lowest BCUT2D eigenvalue weighted by Gasteiger charge is -2.09. The third-order valence-electron chi connectivity index (χ3n) is 2.89. The quantitative estimate of drug-likeness (QED) is 0.880. The highest BCUT2D eigenvalue weighted by atomic mass is 16.5. The molecule has 2 aromatic rings. The Balaban J connectivity index is 1.85. The summed E-state index contributed by atoms with van der Waals surface area (Å²) < 4.78 is 7.68. The maximum absolute atomic E-state index is 9.40. The molecule has 1 aromatic heterocycles. The predicted molar refractivity (Wildman–Crippen MR) is 69.5 cm³/mol. The van der Waals surface area contributed by atoms with Crippen LogP contribution in [0.5, 0.6) is 5.75 Å². The van der Waals surface area contributed by atoms with Crippen LogP contribution < -0.4 is 4.74 Å². The van der Waals surface area contributed by atoms with Gasteiger partial charge in [0.2, 0.25) is 0 Å². The average Bonchev–Trinajstić information content (AvgIpc) is 2.76. The molecule has 4 heteroatoms. The monoisotopic (exact) mass is 246 g/mol. The van der Waals surface area contributed by atoms with Gasteiger partial charge in [0.25, 0.3) is 0 Å². The Bertz CT molecular complexity index is 489. The van der Waals surface area contributed by atoms with E-state index in [0.29, 0.717) is 6.61 Å². The van der Waals surface area contributed by atoms with Crippen molar-refractivity contribution in [1.29, 1.82) is 0 Å². The molecule has 0 bridgehead atoms. The van der Waals surface area contributed by atoms with Crippen LogP contribution in [0.15, 0.2) is 36.7 Å². The summed E-state index contributed by atoms with van der Waals surface area (Å²) in [5.74, 6) is 1.81. The van der Waals surface area contributed by atoms with Crippen LogP contribution in [0, 0.1) is 6.92 Å². The smallest absolute Gasteiger partial charge is 0.119 e. The summed E-state index contributed by atoms with van der Waals surface area (Å²) in [5.41, 5.74) is 0.896. The fourth-order valence-electron chi connectivity index (χ4n) is 1.74. The molecule has 0 saturated heterocycles. The van der Waals surface area contributed by atoms with Crippen LogP contribution >= 0.6 is 0 Å². The number of aliphatic hydroxyl groups excluding tert-OH is 1. The highest BCUT2D eigenvalue weighted by molar-refractivity contribution is 5.28. The first-order chi connectivity index (χ1) is 8.66. The van der Waals surface area contributed by atoms with Gasteiger partial charge in [0, 0.05) is 12.4 Å². The Morgan fingerprint density at radius 3 is 2.61 bits per heavy atom. The number of rotatable bonds is 5. The van der Waals surface area contributed by atoms with Gasteiger partial charge < -0.3 is 14.4 Å². The van der Waals surface area contributed by atoms with E-state index in [-0.39, 0.29) is 0 Å². The van der Waals surface area contributed by atoms with E-state index < -0.39 is 6.10 Å². The number of aliphatic hydroxyl groups is 1. The molecule has 1 unspecified atom stereocenters. The van der Waals surface area contributed by atoms with Crippen molar-refractivity contribution < 1.29 is 9.84 Å². The number of nitrogens with zero attached hydrogens (tertiary/aromatic N) is 2. The molecule has 0 fully saturated rings. The van der Waals surface area contributed by atoms with Gasteiger partial charge in [-0.25, -0.2) is 4.98 Å². The Kier molecular flexibility index (Phi) is 3.99. The van der Waals surface area contributed by atoms with Crippen molar-refractivity contribution in [1.82, 2.24) is 9.55 Å². The second-order valence-electron chi connectivity index (χ2n) is 4.26. The van der Waals surface area contributed by atoms with E-state index in [1.54, 1.807) is 13.1 Å². The molecule has 0 radical (unpaired) electrons. The highest BCUT2D eigenvalue weighted by Gasteiger charge is 2.01. The lowest BCUT2D eigenvalue weighted by molar-refractivity contribution is 0.199. The van der Waals surface area contributed by atoms with Crippen molar-refractivity contribution in [3.05, 3.63) is 48.0 Å². The molecule has 2 rings (SSSR count). The summed E-state index contributed by atoms with van der Waals surface area (Å²) in [5, 5.41) is 9.40. The Labute approximate surface area is 107 Å². The number of aryl methyl sites for hydroxylation is 1. The number of benzene rings is 1. The minimum atomic E-state index is -0.437. The minimum Gasteiger partial charge on any atom is -0.492 e. The molecular formula is C14H18N2O2. The molecule has 0 amide bonds. The minimum absolute atomic E-state index is 0.437. The van der Waals surface area contributed by atoms with Gasteiger partial charge in [-0.3, -0.25) is 0 Å². The first-order valence-corrected chi connectivity index (χ1v) is 6.05. The van der Waals surface area contributed by atoms with Gasteiger partial charge in [0.15, 0.2) is 0 Å². The first-order valence-electron chi connectivity index (χ1n) is 6.05. The normalized spacial score (nSPS) is 12.4. The van der Waals surface area contributed by atoms with E-state index in [0.717, 1.165) is 23.7 Å². The van der Waals surface area contributed by atoms with E-state index in [1.807, 2.05) is 42.0 Å². The molecule has 0 spiro atoms. The average molecular weight is 246 g/mol. The van der Waals surface area contributed by atoms with Gasteiger partial charge in [0.05, 0.1) is 12.6 Å². The van der Waals surface area contributed by atoms with E-state index in [2.05, 4.69) is 4.98 Å². The van der Waals surface area contributed by atoms with Crippen LogP contribution in [0.25, 0.3) is 0 Å². The number of aromatic nitrogens is 2. The van der Waals surface area contributed by atoms with Crippen molar-refractivity contribution >= 4 is 0 Å². The molecule has 96 valence electrons. The summed E-state index contributed by atoms with van der Waals surface area (Å²) >= 11 is 0. The largest absolute Gasteiger partial charge is 0.492 e. The van der Waals surface area contributed by atoms with Gasteiger partial charge in [-0.1, -0.05) is 12.1 Å². The van der Waals surface area contributed by atoms with Crippen LogP contribution in [0.1, 0.15) is 24.4 Å². The predicted octanol–water partition coefficient (Wildman–Crippen LogP) is 2.32. The Hall–Kier alpha value is -1.81. The van der Waals surface area contributed by atoms with Crippen LogP contribution in [0.4, 0.5) is 0 Å². The van der Waals surface area contributed by atoms with E-state index in [1.165, 1.54) is 0 Å². The maximum Gasteiger partial charge on any atom is 0.119 e. The highest BCUT2D eigenvalue weighted by Crippen LogP contribution is 2.17. The number of imidazole rings is 1. The van der Waals surface area contributed by atoms with Crippen LogP contribution in [-0.4, -0.2) is 21.3 Å². The number of hydrogen-bond donors (Lipinski definition) is 1. The van der Waals surface area contributed by atoms with Gasteiger partial charge in [-0.05, 0) is 31.5 Å². The van der Waals surface area contributed by atoms with Crippen LogP contribution in [0.2, 0.25) is 0 Å². The molecule has 0 aliphatic rings. The third-order valence-corrected chi connectivity index (χ3v) is 2.89. The van der Waals surface area contributed by atoms with Crippen LogP contribution in [0.3, 0.4) is 0 Å². The zero-order valence-corrected chi connectivity index (χ0v) is 10.7. The second kappa shape index (κ2) is 5.69. The fourth-order valence-corrected chi connectivity index (χ4v) is 1.74. The zero-order chi connectivity index (χ0) is 13.0. The fraction of sp³-hybridized carbons (Fsp3) is 0.357. The first kappa shape index (κ1) is 12.6. The topological polar surface area (TPSA) is 47.3 Å². The van der Waals surface area contributed by atoms with Crippen LogP contribution in [-0.2, 0) is 6.54 Å². The summed E-state index contributed by atoms with van der Waals surface area (Å²) in [6, 6.07) is 7.51. The lowest BCUT2D eigenvalue weighted by Crippen LogP contribution is -2.08. The van der Waals surface area contributed by atoms with Crippen molar-refractivity contribution in [2.24, 2.45) is 0 Å². The van der Waals surface area contributed by atoms with E-state index in [4.69, 9.17) is 4.74 Å². The molecule has 1 N–H and O–H groups in total. The SMILES string of the molecule is Cc1nccn1CCOc1ccc(C(C)O)cc1. The van der Waals surface area contributed by atoms with Crippen molar-refractivity contribution in [3.8, 4) is 5.75 Å². The Morgan fingerprint density at radius 1 is 1.33 bits per heavy atom.